The van der Waals surface area contributed by atoms with Gasteiger partial charge in [-0.2, -0.15) is 0 Å². The lowest BCUT2D eigenvalue weighted by Gasteiger charge is -2.19. The van der Waals surface area contributed by atoms with E-state index in [0.717, 1.165) is 22.4 Å². The Kier molecular flexibility index (Phi) is 4.98. The minimum atomic E-state index is -0.454. The number of anilines is 1. The zero-order valence-electron chi connectivity index (χ0n) is 16.6. The van der Waals surface area contributed by atoms with Crippen LogP contribution in [0.25, 0.3) is 6.08 Å². The van der Waals surface area contributed by atoms with Crippen molar-refractivity contribution in [3.8, 4) is 0 Å². The van der Waals surface area contributed by atoms with Crippen molar-refractivity contribution in [3.05, 3.63) is 111 Å². The van der Waals surface area contributed by atoms with Crippen LogP contribution in [0.3, 0.4) is 0 Å². The SMILES string of the molecule is Cc1ccc(N2C(=O)/C(=C\c3ccc([N+](=O)[O-])cc3)N=C2c2cccc(C)c2)cc1. The predicted molar refractivity (Wildman–Crippen MR) is 117 cm³/mol. The van der Waals surface area contributed by atoms with E-state index >= 15 is 0 Å². The van der Waals surface area contributed by atoms with Crippen molar-refractivity contribution in [1.82, 2.24) is 0 Å². The third-order valence-electron chi connectivity index (χ3n) is 4.84. The first-order valence-corrected chi connectivity index (χ1v) is 9.45. The highest BCUT2D eigenvalue weighted by Gasteiger charge is 2.32. The first kappa shape index (κ1) is 19.3. The number of hydrogen-bond acceptors (Lipinski definition) is 4. The summed E-state index contributed by atoms with van der Waals surface area (Å²) in [6.07, 6.45) is 1.65. The molecule has 0 unspecified atom stereocenters. The molecule has 4 rings (SSSR count). The van der Waals surface area contributed by atoms with Gasteiger partial charge in [0.1, 0.15) is 11.5 Å². The Labute approximate surface area is 174 Å². The summed E-state index contributed by atoms with van der Waals surface area (Å²) in [5.41, 5.74) is 4.69. The van der Waals surface area contributed by atoms with Crippen LogP contribution in [0.2, 0.25) is 0 Å². The van der Waals surface area contributed by atoms with E-state index < -0.39 is 4.92 Å². The van der Waals surface area contributed by atoms with E-state index in [4.69, 9.17) is 0 Å². The van der Waals surface area contributed by atoms with Gasteiger partial charge in [-0.1, -0.05) is 41.5 Å². The number of nitro benzene ring substituents is 1. The standard InChI is InChI=1S/C24H19N3O3/c1-16-6-10-20(11-7-16)26-23(19-5-3-4-17(2)14-19)25-22(24(26)28)15-18-8-12-21(13-9-18)27(29)30/h3-15H,1-2H3/b22-15+. The van der Waals surface area contributed by atoms with Gasteiger partial charge < -0.3 is 0 Å². The van der Waals surface area contributed by atoms with Crippen molar-refractivity contribution in [2.45, 2.75) is 13.8 Å². The summed E-state index contributed by atoms with van der Waals surface area (Å²) in [5.74, 6) is 0.314. The van der Waals surface area contributed by atoms with E-state index in [9.17, 15) is 14.9 Å². The van der Waals surface area contributed by atoms with E-state index in [-0.39, 0.29) is 17.3 Å². The van der Waals surface area contributed by atoms with Gasteiger partial charge in [-0.15, -0.1) is 0 Å². The molecule has 1 aliphatic heterocycles. The van der Waals surface area contributed by atoms with Gasteiger partial charge in [-0.3, -0.25) is 19.8 Å². The smallest absolute Gasteiger partial charge is 0.266 e. The average molecular weight is 397 g/mol. The minimum absolute atomic E-state index is 0.000122. The Morgan fingerprint density at radius 1 is 0.933 bits per heavy atom. The Balaban J connectivity index is 1.79. The van der Waals surface area contributed by atoms with Crippen LogP contribution in [0, 0.1) is 24.0 Å². The van der Waals surface area contributed by atoms with Crippen molar-refractivity contribution < 1.29 is 9.72 Å². The molecule has 0 fully saturated rings. The molecule has 0 radical (unpaired) electrons. The van der Waals surface area contributed by atoms with Gasteiger partial charge in [0.05, 0.1) is 10.6 Å². The van der Waals surface area contributed by atoms with Gasteiger partial charge in [0.2, 0.25) is 0 Å². The molecule has 0 saturated carbocycles. The maximum atomic E-state index is 13.3. The van der Waals surface area contributed by atoms with Crippen LogP contribution in [0.1, 0.15) is 22.3 Å². The fourth-order valence-electron chi connectivity index (χ4n) is 3.28. The summed E-state index contributed by atoms with van der Waals surface area (Å²) in [4.78, 5) is 29.9. The van der Waals surface area contributed by atoms with Crippen molar-refractivity contribution in [3.63, 3.8) is 0 Å². The Hall–Kier alpha value is -4.06. The fourth-order valence-corrected chi connectivity index (χ4v) is 3.28. The van der Waals surface area contributed by atoms with Crippen LogP contribution in [0.15, 0.2) is 83.5 Å². The zero-order valence-corrected chi connectivity index (χ0v) is 16.6. The number of amidine groups is 1. The molecule has 0 atom stereocenters. The molecule has 1 amide bonds. The number of amides is 1. The molecule has 6 nitrogen and oxygen atoms in total. The van der Waals surface area contributed by atoms with E-state index in [2.05, 4.69) is 4.99 Å². The van der Waals surface area contributed by atoms with E-state index in [1.54, 1.807) is 23.1 Å². The lowest BCUT2D eigenvalue weighted by Crippen LogP contribution is -2.32. The molecule has 148 valence electrons. The monoisotopic (exact) mass is 397 g/mol. The van der Waals surface area contributed by atoms with E-state index in [0.29, 0.717) is 11.4 Å². The molecule has 0 saturated heterocycles. The van der Waals surface area contributed by atoms with Gasteiger partial charge in [-0.05, 0) is 55.8 Å². The summed E-state index contributed by atoms with van der Waals surface area (Å²) >= 11 is 0. The number of aryl methyl sites for hydroxylation is 2. The second kappa shape index (κ2) is 7.75. The molecule has 0 spiro atoms. The van der Waals surface area contributed by atoms with Gasteiger partial charge in [-0.25, -0.2) is 4.99 Å². The highest BCUT2D eigenvalue weighted by Crippen LogP contribution is 2.28. The van der Waals surface area contributed by atoms with Crippen molar-refractivity contribution in [2.24, 2.45) is 4.99 Å². The molecule has 1 heterocycles. The number of non-ortho nitro benzene ring substituents is 1. The number of rotatable bonds is 4. The molecule has 3 aromatic carbocycles. The summed E-state index contributed by atoms with van der Waals surface area (Å²) < 4.78 is 0. The zero-order chi connectivity index (χ0) is 21.3. The number of aliphatic imine (C=N–C) groups is 1. The number of carbonyl (C=O) groups excluding carboxylic acids is 1. The first-order chi connectivity index (χ1) is 14.4. The molecule has 0 aromatic heterocycles. The van der Waals surface area contributed by atoms with E-state index in [1.165, 1.54) is 12.1 Å². The third-order valence-corrected chi connectivity index (χ3v) is 4.84. The van der Waals surface area contributed by atoms with E-state index in [1.807, 2.05) is 62.4 Å². The third kappa shape index (κ3) is 3.75. The average Bonchev–Trinajstić information content (AvgIpc) is 3.05. The van der Waals surface area contributed by atoms with Gasteiger partial charge in [0.15, 0.2) is 0 Å². The number of benzene rings is 3. The highest BCUT2D eigenvalue weighted by molar-refractivity contribution is 6.33. The number of nitro groups is 1. The lowest BCUT2D eigenvalue weighted by molar-refractivity contribution is -0.384. The second-order valence-electron chi connectivity index (χ2n) is 7.16. The number of carbonyl (C=O) groups is 1. The minimum Gasteiger partial charge on any atom is -0.266 e. The van der Waals surface area contributed by atoms with Crippen molar-refractivity contribution in [1.29, 1.82) is 0 Å². The summed E-state index contributed by atoms with van der Waals surface area (Å²) in [6.45, 7) is 3.98. The number of nitrogens with zero attached hydrogens (tertiary/aromatic N) is 3. The van der Waals surface area contributed by atoms with Crippen LogP contribution in [0.4, 0.5) is 11.4 Å². The van der Waals surface area contributed by atoms with Gasteiger partial charge >= 0.3 is 0 Å². The Morgan fingerprint density at radius 2 is 1.63 bits per heavy atom. The van der Waals surface area contributed by atoms with Crippen LogP contribution in [0.5, 0.6) is 0 Å². The van der Waals surface area contributed by atoms with Crippen LogP contribution in [-0.2, 0) is 4.79 Å². The maximum Gasteiger partial charge on any atom is 0.282 e. The predicted octanol–water partition coefficient (Wildman–Crippen LogP) is 5.05. The fraction of sp³-hybridized carbons (Fsp3) is 0.0833. The van der Waals surface area contributed by atoms with Crippen LogP contribution >= 0.6 is 0 Å². The molecule has 1 aliphatic rings. The van der Waals surface area contributed by atoms with Crippen molar-refractivity contribution in [2.75, 3.05) is 4.90 Å². The largest absolute Gasteiger partial charge is 0.282 e. The molecular formula is C24H19N3O3. The summed E-state index contributed by atoms with van der Waals surface area (Å²) in [7, 11) is 0. The second-order valence-corrected chi connectivity index (χ2v) is 7.16. The van der Waals surface area contributed by atoms with Gasteiger partial charge in [0, 0.05) is 17.7 Å². The molecular weight excluding hydrogens is 378 g/mol. The normalized spacial score (nSPS) is 14.9. The molecule has 0 aliphatic carbocycles. The van der Waals surface area contributed by atoms with Crippen molar-refractivity contribution >= 4 is 29.2 Å². The molecule has 30 heavy (non-hydrogen) atoms. The molecule has 0 bridgehead atoms. The number of hydrogen-bond donors (Lipinski definition) is 0. The lowest BCUT2D eigenvalue weighted by atomic mass is 10.1. The van der Waals surface area contributed by atoms with Gasteiger partial charge in [0.25, 0.3) is 11.6 Å². The first-order valence-electron chi connectivity index (χ1n) is 9.45. The summed E-state index contributed by atoms with van der Waals surface area (Å²) in [5, 5.41) is 10.9. The molecule has 3 aromatic rings. The highest BCUT2D eigenvalue weighted by atomic mass is 16.6. The van der Waals surface area contributed by atoms with Crippen LogP contribution in [-0.4, -0.2) is 16.7 Å². The Bertz CT molecular complexity index is 1190. The molecule has 6 heteroatoms. The Morgan fingerprint density at radius 3 is 2.27 bits per heavy atom. The quantitative estimate of drug-likeness (QED) is 0.351. The van der Waals surface area contributed by atoms with Crippen LogP contribution < -0.4 is 4.90 Å². The topological polar surface area (TPSA) is 75.8 Å². The summed E-state index contributed by atoms with van der Waals surface area (Å²) in [6, 6.07) is 21.6. The maximum absolute atomic E-state index is 13.3. The molecule has 0 N–H and O–H groups in total.